The molecule has 0 aliphatic heterocycles. The van der Waals surface area contributed by atoms with E-state index in [0.717, 1.165) is 6.61 Å². The highest BCUT2D eigenvalue weighted by molar-refractivity contribution is 5.27. The third-order valence-corrected chi connectivity index (χ3v) is 1.31. The SMILES string of the molecule is O[CH]c1cc(F)cc(CO)c1. The maximum atomic E-state index is 12.6. The van der Waals surface area contributed by atoms with E-state index < -0.39 is 5.82 Å². The van der Waals surface area contributed by atoms with E-state index in [9.17, 15) is 4.39 Å². The monoisotopic (exact) mass is 155 g/mol. The van der Waals surface area contributed by atoms with Crippen molar-refractivity contribution >= 4 is 0 Å². The zero-order valence-corrected chi connectivity index (χ0v) is 5.79. The Kier molecular flexibility index (Phi) is 2.57. The lowest BCUT2D eigenvalue weighted by atomic mass is 10.1. The Labute approximate surface area is 63.9 Å². The lowest BCUT2D eigenvalue weighted by molar-refractivity contribution is 0.281. The van der Waals surface area contributed by atoms with Crippen molar-refractivity contribution in [3.05, 3.63) is 41.8 Å². The highest BCUT2D eigenvalue weighted by atomic mass is 19.1. The van der Waals surface area contributed by atoms with Crippen molar-refractivity contribution in [2.75, 3.05) is 0 Å². The summed E-state index contributed by atoms with van der Waals surface area (Å²) in [5.74, 6) is -0.461. The molecule has 1 radical (unpaired) electrons. The Hall–Kier alpha value is -0.930. The minimum absolute atomic E-state index is 0.224. The number of hydrogen-bond donors (Lipinski definition) is 2. The summed E-state index contributed by atoms with van der Waals surface area (Å²) >= 11 is 0. The van der Waals surface area contributed by atoms with Gasteiger partial charge in [-0.05, 0) is 23.3 Å². The van der Waals surface area contributed by atoms with Gasteiger partial charge >= 0.3 is 0 Å². The normalized spacial score (nSPS) is 10.1. The second-order valence-corrected chi connectivity index (χ2v) is 2.18. The first kappa shape index (κ1) is 8.17. The molecule has 3 heteroatoms. The van der Waals surface area contributed by atoms with Crippen molar-refractivity contribution in [3.63, 3.8) is 0 Å². The predicted molar refractivity (Wildman–Crippen MR) is 37.7 cm³/mol. The lowest BCUT2D eigenvalue weighted by Crippen LogP contribution is -1.89. The number of aliphatic hydroxyl groups excluding tert-OH is 2. The van der Waals surface area contributed by atoms with E-state index in [1.807, 2.05) is 0 Å². The Morgan fingerprint density at radius 1 is 1.36 bits per heavy atom. The van der Waals surface area contributed by atoms with Crippen molar-refractivity contribution in [1.29, 1.82) is 0 Å². The van der Waals surface area contributed by atoms with Crippen LogP contribution in [0.15, 0.2) is 18.2 Å². The van der Waals surface area contributed by atoms with Crippen molar-refractivity contribution in [2.24, 2.45) is 0 Å². The molecule has 1 rings (SSSR count). The molecular formula is C8H8FO2. The molecule has 2 nitrogen and oxygen atoms in total. The molecule has 0 aromatic heterocycles. The van der Waals surface area contributed by atoms with Crippen molar-refractivity contribution in [1.82, 2.24) is 0 Å². The summed E-state index contributed by atoms with van der Waals surface area (Å²) in [6.45, 7) is 0.570. The largest absolute Gasteiger partial charge is 0.392 e. The summed E-state index contributed by atoms with van der Waals surface area (Å²) in [7, 11) is 0. The van der Waals surface area contributed by atoms with E-state index in [0.29, 0.717) is 11.1 Å². The van der Waals surface area contributed by atoms with Crippen LogP contribution in [0.4, 0.5) is 4.39 Å². The average Bonchev–Trinajstić information content (AvgIpc) is 2.03. The summed E-state index contributed by atoms with van der Waals surface area (Å²) in [5.41, 5.74) is 0.805. The van der Waals surface area contributed by atoms with Gasteiger partial charge in [-0.3, -0.25) is 0 Å². The standard InChI is InChI=1S/C8H8FO2/c9-8-2-6(4-10)1-7(3-8)5-11/h1-4,10-11H,5H2. The van der Waals surface area contributed by atoms with E-state index in [-0.39, 0.29) is 6.61 Å². The van der Waals surface area contributed by atoms with Crippen LogP contribution in [0.3, 0.4) is 0 Å². The minimum atomic E-state index is -0.461. The third kappa shape index (κ3) is 2.00. The highest BCUT2D eigenvalue weighted by Crippen LogP contribution is 2.09. The Morgan fingerprint density at radius 2 is 2.09 bits per heavy atom. The van der Waals surface area contributed by atoms with Gasteiger partial charge in [0, 0.05) is 0 Å². The van der Waals surface area contributed by atoms with Crippen molar-refractivity contribution < 1.29 is 14.6 Å². The van der Waals surface area contributed by atoms with Crippen LogP contribution in [-0.2, 0) is 6.61 Å². The zero-order chi connectivity index (χ0) is 8.27. The maximum absolute atomic E-state index is 12.6. The first-order chi connectivity index (χ1) is 5.26. The first-order valence-electron chi connectivity index (χ1n) is 3.14. The smallest absolute Gasteiger partial charge is 0.123 e. The number of hydrogen-bond acceptors (Lipinski definition) is 2. The molecule has 0 spiro atoms. The van der Waals surface area contributed by atoms with Crippen LogP contribution in [0.5, 0.6) is 0 Å². The van der Waals surface area contributed by atoms with Crippen LogP contribution in [0.1, 0.15) is 11.1 Å². The molecule has 11 heavy (non-hydrogen) atoms. The van der Waals surface area contributed by atoms with Gasteiger partial charge in [0.25, 0.3) is 0 Å². The second-order valence-electron chi connectivity index (χ2n) is 2.18. The molecule has 0 amide bonds. The minimum Gasteiger partial charge on any atom is -0.392 e. The third-order valence-electron chi connectivity index (χ3n) is 1.31. The van der Waals surface area contributed by atoms with Crippen LogP contribution < -0.4 is 0 Å². The molecule has 1 aromatic carbocycles. The van der Waals surface area contributed by atoms with E-state index in [1.165, 1.54) is 18.2 Å². The van der Waals surface area contributed by atoms with Gasteiger partial charge in [0.05, 0.1) is 6.61 Å². The molecule has 0 unspecified atom stereocenters. The lowest BCUT2D eigenvalue weighted by Gasteiger charge is -1.99. The van der Waals surface area contributed by atoms with Crippen LogP contribution in [0.2, 0.25) is 0 Å². The maximum Gasteiger partial charge on any atom is 0.123 e. The van der Waals surface area contributed by atoms with E-state index in [4.69, 9.17) is 10.2 Å². The zero-order valence-electron chi connectivity index (χ0n) is 5.79. The summed E-state index contributed by atoms with van der Waals surface area (Å²) in [6.07, 6.45) is 0. The summed E-state index contributed by atoms with van der Waals surface area (Å²) in [5, 5.41) is 17.1. The molecule has 0 bridgehead atoms. The number of benzene rings is 1. The number of aliphatic hydroxyl groups is 2. The molecule has 0 heterocycles. The molecule has 0 atom stereocenters. The molecule has 0 fully saturated rings. The van der Waals surface area contributed by atoms with Crippen molar-refractivity contribution in [3.8, 4) is 0 Å². The Balaban J connectivity index is 3.02. The molecule has 0 aliphatic carbocycles. The first-order valence-corrected chi connectivity index (χ1v) is 3.14. The van der Waals surface area contributed by atoms with Crippen molar-refractivity contribution in [2.45, 2.75) is 6.61 Å². The summed E-state index contributed by atoms with van der Waals surface area (Å²) < 4.78 is 12.6. The van der Waals surface area contributed by atoms with Gasteiger partial charge in [-0.2, -0.15) is 0 Å². The summed E-state index contributed by atoms with van der Waals surface area (Å²) in [6, 6.07) is 3.90. The van der Waals surface area contributed by atoms with Gasteiger partial charge < -0.3 is 10.2 Å². The molecule has 0 saturated carbocycles. The van der Waals surface area contributed by atoms with Gasteiger partial charge in [0.15, 0.2) is 0 Å². The molecule has 59 valence electrons. The Morgan fingerprint density at radius 3 is 2.64 bits per heavy atom. The molecule has 0 saturated heterocycles. The fourth-order valence-electron chi connectivity index (χ4n) is 0.841. The van der Waals surface area contributed by atoms with Crippen LogP contribution >= 0.6 is 0 Å². The van der Waals surface area contributed by atoms with Crippen LogP contribution in [0.25, 0.3) is 0 Å². The molecule has 1 aromatic rings. The van der Waals surface area contributed by atoms with Crippen LogP contribution in [0, 0.1) is 12.4 Å². The number of halogens is 1. The van der Waals surface area contributed by atoms with Gasteiger partial charge in [0.1, 0.15) is 12.4 Å². The average molecular weight is 155 g/mol. The summed E-state index contributed by atoms with van der Waals surface area (Å²) in [4.78, 5) is 0. The predicted octanol–water partition coefficient (Wildman–Crippen LogP) is 1.20. The van der Waals surface area contributed by atoms with Gasteiger partial charge in [-0.15, -0.1) is 0 Å². The molecule has 2 N–H and O–H groups in total. The van der Waals surface area contributed by atoms with Gasteiger partial charge in [-0.1, -0.05) is 6.07 Å². The fourth-order valence-corrected chi connectivity index (χ4v) is 0.841. The van der Waals surface area contributed by atoms with E-state index in [2.05, 4.69) is 0 Å². The quantitative estimate of drug-likeness (QED) is 0.673. The number of rotatable bonds is 2. The molecule has 0 aliphatic rings. The second kappa shape index (κ2) is 3.46. The highest BCUT2D eigenvalue weighted by Gasteiger charge is 1.98. The van der Waals surface area contributed by atoms with Crippen LogP contribution in [-0.4, -0.2) is 10.2 Å². The van der Waals surface area contributed by atoms with Gasteiger partial charge in [-0.25, -0.2) is 4.39 Å². The van der Waals surface area contributed by atoms with E-state index >= 15 is 0 Å². The Bertz CT molecular complexity index is 226. The fraction of sp³-hybridized carbons (Fsp3) is 0.125. The topological polar surface area (TPSA) is 40.5 Å². The van der Waals surface area contributed by atoms with E-state index in [1.54, 1.807) is 0 Å². The van der Waals surface area contributed by atoms with Gasteiger partial charge in [0.2, 0.25) is 0 Å². The molecular weight excluding hydrogens is 147 g/mol.